The predicted molar refractivity (Wildman–Crippen MR) is 67.2 cm³/mol. The van der Waals surface area contributed by atoms with E-state index in [0.717, 1.165) is 0 Å². The maximum Gasteiger partial charge on any atom is 0.259 e. The predicted octanol–water partition coefficient (Wildman–Crippen LogP) is 1.90. The van der Waals surface area contributed by atoms with Gasteiger partial charge in [0.05, 0.1) is 10.6 Å². The molecule has 1 amide bonds. The van der Waals surface area contributed by atoms with Gasteiger partial charge in [0, 0.05) is 6.54 Å². The van der Waals surface area contributed by atoms with Crippen LogP contribution in [0.2, 0.25) is 5.02 Å². The quantitative estimate of drug-likeness (QED) is 0.891. The van der Waals surface area contributed by atoms with Crippen molar-refractivity contribution in [3.63, 3.8) is 0 Å². The Morgan fingerprint density at radius 3 is 2.82 bits per heavy atom. The number of amides is 1. The number of nitrogens with one attached hydrogen (secondary N) is 1. The van der Waals surface area contributed by atoms with Crippen LogP contribution in [0, 0.1) is 0 Å². The van der Waals surface area contributed by atoms with Gasteiger partial charge in [0.25, 0.3) is 5.91 Å². The lowest BCUT2D eigenvalue weighted by Crippen LogP contribution is -2.12. The molecule has 2 rings (SSSR count). The monoisotopic (exact) mass is 268 g/mol. The summed E-state index contributed by atoms with van der Waals surface area (Å²) < 4.78 is 0. The van der Waals surface area contributed by atoms with Crippen molar-refractivity contribution in [1.82, 2.24) is 10.2 Å². The summed E-state index contributed by atoms with van der Waals surface area (Å²) in [5, 5.41) is 11.7. The molecule has 17 heavy (non-hydrogen) atoms. The average molecular weight is 269 g/mol. The third kappa shape index (κ3) is 2.79. The fraction of sp³-hybridized carbons (Fsp3) is 0.100. The van der Waals surface area contributed by atoms with E-state index < -0.39 is 0 Å². The van der Waals surface area contributed by atoms with Crippen molar-refractivity contribution in [2.24, 2.45) is 5.73 Å². The van der Waals surface area contributed by atoms with E-state index >= 15 is 0 Å². The molecule has 0 bridgehead atoms. The van der Waals surface area contributed by atoms with Crippen LogP contribution in [0.3, 0.4) is 0 Å². The van der Waals surface area contributed by atoms with Crippen molar-refractivity contribution >= 4 is 34.0 Å². The minimum Gasteiger partial charge on any atom is -0.324 e. The zero-order valence-electron chi connectivity index (χ0n) is 8.68. The number of carbonyl (C=O) groups excluding carboxylic acids is 1. The largest absolute Gasteiger partial charge is 0.324 e. The summed E-state index contributed by atoms with van der Waals surface area (Å²) in [5.74, 6) is -0.310. The molecule has 7 heteroatoms. The van der Waals surface area contributed by atoms with E-state index in [1.165, 1.54) is 11.3 Å². The molecule has 0 saturated carbocycles. The first-order valence-corrected chi connectivity index (χ1v) is 5.98. The topological polar surface area (TPSA) is 80.9 Å². The van der Waals surface area contributed by atoms with Gasteiger partial charge in [0.15, 0.2) is 0 Å². The molecule has 0 fully saturated rings. The second-order valence-corrected chi connectivity index (χ2v) is 4.61. The molecule has 0 aliphatic heterocycles. The van der Waals surface area contributed by atoms with Gasteiger partial charge in [-0.15, -0.1) is 10.2 Å². The number of nitrogens with zero attached hydrogens (tertiary/aromatic N) is 2. The standard InChI is InChI=1S/C10H9ClN4OS/c11-7-4-2-1-3-6(7)9(16)13-10-15-14-8(5-12)17-10/h1-4H,5,12H2,(H,13,15,16). The van der Waals surface area contributed by atoms with Crippen LogP contribution in [0.5, 0.6) is 0 Å². The normalized spacial score (nSPS) is 10.2. The number of aromatic nitrogens is 2. The fourth-order valence-electron chi connectivity index (χ4n) is 1.20. The summed E-state index contributed by atoms with van der Waals surface area (Å²) in [6, 6.07) is 6.80. The summed E-state index contributed by atoms with van der Waals surface area (Å²) in [7, 11) is 0. The zero-order chi connectivity index (χ0) is 12.3. The van der Waals surface area contributed by atoms with Crippen LogP contribution in [0.15, 0.2) is 24.3 Å². The molecule has 0 saturated heterocycles. The Bertz CT molecular complexity index is 543. The highest BCUT2D eigenvalue weighted by atomic mass is 35.5. The van der Waals surface area contributed by atoms with Crippen LogP contribution in [-0.2, 0) is 6.54 Å². The molecule has 1 aromatic carbocycles. The summed E-state index contributed by atoms with van der Waals surface area (Å²) in [4.78, 5) is 11.8. The number of halogens is 1. The van der Waals surface area contributed by atoms with Gasteiger partial charge in [-0.05, 0) is 12.1 Å². The molecule has 0 radical (unpaired) electrons. The summed E-state index contributed by atoms with van der Waals surface area (Å²) in [6.45, 7) is 0.305. The van der Waals surface area contributed by atoms with Gasteiger partial charge in [0.2, 0.25) is 5.13 Å². The number of benzene rings is 1. The van der Waals surface area contributed by atoms with Gasteiger partial charge in [-0.1, -0.05) is 35.1 Å². The van der Waals surface area contributed by atoms with Crippen molar-refractivity contribution in [3.05, 3.63) is 39.9 Å². The maximum atomic E-state index is 11.8. The van der Waals surface area contributed by atoms with Crippen LogP contribution >= 0.6 is 22.9 Å². The lowest BCUT2D eigenvalue weighted by molar-refractivity contribution is 0.102. The van der Waals surface area contributed by atoms with Crippen molar-refractivity contribution < 1.29 is 4.79 Å². The molecular weight excluding hydrogens is 260 g/mol. The molecule has 0 aliphatic carbocycles. The molecule has 5 nitrogen and oxygen atoms in total. The first-order chi connectivity index (χ1) is 8.20. The number of nitrogens with two attached hydrogens (primary N) is 1. The van der Waals surface area contributed by atoms with Gasteiger partial charge in [-0.3, -0.25) is 10.1 Å². The van der Waals surface area contributed by atoms with Gasteiger partial charge in [0.1, 0.15) is 5.01 Å². The molecule has 3 N–H and O–H groups in total. The zero-order valence-corrected chi connectivity index (χ0v) is 10.3. The molecule has 1 aromatic heterocycles. The van der Waals surface area contributed by atoms with Crippen molar-refractivity contribution in [1.29, 1.82) is 0 Å². The SMILES string of the molecule is NCc1nnc(NC(=O)c2ccccc2Cl)s1. The van der Waals surface area contributed by atoms with Crippen LogP contribution in [-0.4, -0.2) is 16.1 Å². The van der Waals surface area contributed by atoms with Crippen LogP contribution in [0.1, 0.15) is 15.4 Å². The molecule has 88 valence electrons. The molecule has 0 atom stereocenters. The molecular formula is C10H9ClN4OS. The Balaban J connectivity index is 2.14. The van der Waals surface area contributed by atoms with Crippen molar-refractivity contribution in [3.8, 4) is 0 Å². The van der Waals surface area contributed by atoms with Gasteiger partial charge < -0.3 is 5.73 Å². The number of anilines is 1. The highest BCUT2D eigenvalue weighted by Crippen LogP contribution is 2.19. The Hall–Kier alpha value is -1.50. The van der Waals surface area contributed by atoms with Crippen LogP contribution in [0.25, 0.3) is 0 Å². The number of hydrogen-bond donors (Lipinski definition) is 2. The second kappa shape index (κ2) is 5.22. The van der Waals surface area contributed by atoms with Crippen molar-refractivity contribution in [2.75, 3.05) is 5.32 Å². The highest BCUT2D eigenvalue weighted by Gasteiger charge is 2.12. The molecule has 0 spiro atoms. The van der Waals surface area contributed by atoms with Crippen molar-refractivity contribution in [2.45, 2.75) is 6.54 Å². The fourth-order valence-corrected chi connectivity index (χ4v) is 2.03. The summed E-state index contributed by atoms with van der Waals surface area (Å²) in [6.07, 6.45) is 0. The number of rotatable bonds is 3. The lowest BCUT2D eigenvalue weighted by Gasteiger charge is -2.02. The van der Waals surface area contributed by atoms with Crippen LogP contribution < -0.4 is 11.1 Å². The van der Waals surface area contributed by atoms with E-state index in [1.54, 1.807) is 24.3 Å². The highest BCUT2D eigenvalue weighted by molar-refractivity contribution is 7.15. The number of hydrogen-bond acceptors (Lipinski definition) is 5. The lowest BCUT2D eigenvalue weighted by atomic mass is 10.2. The number of carbonyl (C=O) groups is 1. The third-order valence-electron chi connectivity index (χ3n) is 1.98. The first kappa shape index (κ1) is 12.0. The smallest absolute Gasteiger partial charge is 0.259 e. The Morgan fingerprint density at radius 1 is 1.41 bits per heavy atom. The average Bonchev–Trinajstić information content (AvgIpc) is 2.77. The van der Waals surface area contributed by atoms with E-state index in [2.05, 4.69) is 15.5 Å². The molecule has 1 heterocycles. The second-order valence-electron chi connectivity index (χ2n) is 3.14. The van der Waals surface area contributed by atoms with E-state index in [9.17, 15) is 4.79 Å². The van der Waals surface area contributed by atoms with E-state index in [1.807, 2.05) is 0 Å². The van der Waals surface area contributed by atoms with Gasteiger partial charge in [-0.25, -0.2) is 0 Å². The van der Waals surface area contributed by atoms with E-state index in [0.29, 0.717) is 27.3 Å². The Labute approximate surface area is 107 Å². The molecule has 2 aromatic rings. The third-order valence-corrected chi connectivity index (χ3v) is 3.17. The van der Waals surface area contributed by atoms with Gasteiger partial charge in [-0.2, -0.15) is 0 Å². The maximum absolute atomic E-state index is 11.8. The van der Waals surface area contributed by atoms with E-state index in [4.69, 9.17) is 17.3 Å². The summed E-state index contributed by atoms with van der Waals surface area (Å²) in [5.41, 5.74) is 5.80. The van der Waals surface area contributed by atoms with Gasteiger partial charge >= 0.3 is 0 Å². The first-order valence-electron chi connectivity index (χ1n) is 4.79. The Kier molecular flexibility index (Phi) is 3.68. The minimum absolute atomic E-state index is 0.305. The van der Waals surface area contributed by atoms with E-state index in [-0.39, 0.29) is 5.91 Å². The minimum atomic E-state index is -0.310. The summed E-state index contributed by atoms with van der Waals surface area (Å²) >= 11 is 7.14. The molecule has 0 aliphatic rings. The molecule has 0 unspecified atom stereocenters. The Morgan fingerprint density at radius 2 is 2.18 bits per heavy atom. The van der Waals surface area contributed by atoms with Crippen LogP contribution in [0.4, 0.5) is 5.13 Å².